The van der Waals surface area contributed by atoms with Crippen molar-refractivity contribution in [2.24, 2.45) is 0 Å². The number of benzene rings is 2. The second kappa shape index (κ2) is 5.64. The molecule has 0 spiro atoms. The maximum Gasteiger partial charge on any atom is 0.143 e. The molecule has 21 heavy (non-hydrogen) atoms. The van der Waals surface area contributed by atoms with Crippen molar-refractivity contribution in [1.29, 1.82) is 0 Å². The molecule has 1 heterocycles. The van der Waals surface area contributed by atoms with Gasteiger partial charge < -0.3 is 10.1 Å². The Hall–Kier alpha value is -2.23. The van der Waals surface area contributed by atoms with Crippen LogP contribution in [0.15, 0.2) is 79.0 Å². The number of H-pyrrole nitrogens is 1. The van der Waals surface area contributed by atoms with Gasteiger partial charge in [0.1, 0.15) is 10.2 Å². The first kappa shape index (κ1) is 13.7. The lowest BCUT2D eigenvalue weighted by Gasteiger charge is -2.29. The third-order valence-corrected chi connectivity index (χ3v) is 3.93. The van der Waals surface area contributed by atoms with Gasteiger partial charge in [0.25, 0.3) is 0 Å². The molecule has 0 aliphatic heterocycles. The van der Waals surface area contributed by atoms with Gasteiger partial charge in [-0.1, -0.05) is 78.9 Å². The molecule has 104 valence electrons. The zero-order chi connectivity index (χ0) is 14.7. The van der Waals surface area contributed by atoms with E-state index in [2.05, 4.69) is 4.98 Å². The Morgan fingerprint density at radius 2 is 1.29 bits per heavy atom. The third kappa shape index (κ3) is 2.42. The highest BCUT2D eigenvalue weighted by Crippen LogP contribution is 2.36. The van der Waals surface area contributed by atoms with E-state index in [1.165, 1.54) is 0 Å². The predicted molar refractivity (Wildman–Crippen MR) is 86.6 cm³/mol. The van der Waals surface area contributed by atoms with Crippen molar-refractivity contribution in [3.05, 3.63) is 100 Å². The maximum atomic E-state index is 11.5. The number of aliphatic hydroxyl groups is 1. The summed E-state index contributed by atoms with van der Waals surface area (Å²) >= 11 is 5.38. The molecule has 2 N–H and O–H groups in total. The average Bonchev–Trinajstić information content (AvgIpc) is 2.56. The van der Waals surface area contributed by atoms with Gasteiger partial charge in [-0.3, -0.25) is 0 Å². The zero-order valence-corrected chi connectivity index (χ0v) is 12.2. The van der Waals surface area contributed by atoms with Crippen LogP contribution in [0.25, 0.3) is 0 Å². The normalized spacial score (nSPS) is 11.3. The summed E-state index contributed by atoms with van der Waals surface area (Å²) in [7, 11) is 0. The van der Waals surface area contributed by atoms with Gasteiger partial charge in [-0.15, -0.1) is 0 Å². The number of aromatic amines is 1. The van der Waals surface area contributed by atoms with E-state index in [0.29, 0.717) is 10.2 Å². The highest BCUT2D eigenvalue weighted by Gasteiger charge is 2.34. The number of nitrogens with one attached hydrogen (secondary N) is 1. The van der Waals surface area contributed by atoms with Crippen molar-refractivity contribution < 1.29 is 5.11 Å². The fraction of sp³-hybridized carbons (Fsp3) is 0.0556. The lowest BCUT2D eigenvalue weighted by Crippen LogP contribution is -2.29. The van der Waals surface area contributed by atoms with Crippen molar-refractivity contribution in [3.8, 4) is 0 Å². The van der Waals surface area contributed by atoms with Crippen LogP contribution in [0, 0.1) is 4.64 Å². The molecule has 0 atom stereocenters. The van der Waals surface area contributed by atoms with Gasteiger partial charge in [0.15, 0.2) is 0 Å². The minimum Gasteiger partial charge on any atom is -0.376 e. The first-order valence-electron chi connectivity index (χ1n) is 6.74. The second-order valence-electron chi connectivity index (χ2n) is 4.86. The molecule has 2 nitrogen and oxygen atoms in total. The molecule has 0 fully saturated rings. The molecular weight excluding hydrogens is 278 g/mol. The van der Waals surface area contributed by atoms with Crippen LogP contribution in [-0.2, 0) is 5.60 Å². The molecule has 0 saturated carbocycles. The van der Waals surface area contributed by atoms with Gasteiger partial charge in [0.05, 0.1) is 0 Å². The monoisotopic (exact) mass is 293 g/mol. The molecule has 1 aromatic heterocycles. The topological polar surface area (TPSA) is 36.0 Å². The Balaban J connectivity index is 2.31. The van der Waals surface area contributed by atoms with E-state index in [4.69, 9.17) is 12.2 Å². The van der Waals surface area contributed by atoms with E-state index >= 15 is 0 Å². The number of hydrogen-bond donors (Lipinski definition) is 2. The minimum absolute atomic E-state index is 0.535. The van der Waals surface area contributed by atoms with Crippen LogP contribution < -0.4 is 0 Å². The van der Waals surface area contributed by atoms with Crippen LogP contribution in [-0.4, -0.2) is 10.1 Å². The molecule has 2 aromatic carbocycles. The van der Waals surface area contributed by atoms with Gasteiger partial charge in [-0.25, -0.2) is 0 Å². The molecule has 0 saturated heterocycles. The van der Waals surface area contributed by atoms with Crippen LogP contribution in [0.2, 0.25) is 0 Å². The van der Waals surface area contributed by atoms with Gasteiger partial charge >= 0.3 is 0 Å². The summed E-state index contributed by atoms with van der Waals surface area (Å²) in [5.74, 6) is 0. The average molecular weight is 293 g/mol. The lowest BCUT2D eigenvalue weighted by atomic mass is 9.81. The van der Waals surface area contributed by atoms with Crippen LogP contribution in [0.1, 0.15) is 16.7 Å². The summed E-state index contributed by atoms with van der Waals surface area (Å²) in [6.07, 6.45) is 1.77. The van der Waals surface area contributed by atoms with Crippen molar-refractivity contribution in [3.63, 3.8) is 0 Å². The van der Waals surface area contributed by atoms with Gasteiger partial charge in [0.2, 0.25) is 0 Å². The van der Waals surface area contributed by atoms with Crippen LogP contribution in [0.4, 0.5) is 0 Å². The summed E-state index contributed by atoms with van der Waals surface area (Å²) in [6, 6.07) is 22.9. The molecule has 0 radical (unpaired) electrons. The third-order valence-electron chi connectivity index (χ3n) is 3.59. The predicted octanol–water partition coefficient (Wildman–Crippen LogP) is 4.03. The summed E-state index contributed by atoms with van der Waals surface area (Å²) in [4.78, 5) is 3.00. The Morgan fingerprint density at radius 3 is 1.76 bits per heavy atom. The quantitative estimate of drug-likeness (QED) is 0.715. The number of aromatic nitrogens is 1. The van der Waals surface area contributed by atoms with Crippen molar-refractivity contribution in [2.75, 3.05) is 0 Å². The standard InChI is InChI=1S/C18H15NOS/c20-18(14-8-3-1-4-9-14,15-10-5-2-6-11-15)16-12-7-13-19-17(16)21/h1-13,20H,(H,19,21). The molecule has 0 amide bonds. The fourth-order valence-electron chi connectivity index (χ4n) is 2.54. The molecule has 0 unspecified atom stereocenters. The SMILES string of the molecule is OC(c1ccccc1)(c1ccccc1)c1ccc[nH]c1=S. The van der Waals surface area contributed by atoms with E-state index in [9.17, 15) is 5.11 Å². The largest absolute Gasteiger partial charge is 0.376 e. The van der Waals surface area contributed by atoms with Gasteiger partial charge in [0, 0.05) is 11.8 Å². The van der Waals surface area contributed by atoms with Gasteiger partial charge in [-0.2, -0.15) is 0 Å². The molecular formula is C18H15NOS. The molecule has 0 bridgehead atoms. The van der Waals surface area contributed by atoms with Crippen molar-refractivity contribution >= 4 is 12.2 Å². The fourth-order valence-corrected chi connectivity index (χ4v) is 2.83. The first-order chi connectivity index (χ1) is 10.2. The number of rotatable bonds is 3. The second-order valence-corrected chi connectivity index (χ2v) is 5.26. The van der Waals surface area contributed by atoms with E-state index in [-0.39, 0.29) is 0 Å². The van der Waals surface area contributed by atoms with E-state index in [1.54, 1.807) is 6.20 Å². The highest BCUT2D eigenvalue weighted by atomic mass is 32.1. The van der Waals surface area contributed by atoms with Crippen LogP contribution in [0.3, 0.4) is 0 Å². The Morgan fingerprint density at radius 1 is 0.762 bits per heavy atom. The van der Waals surface area contributed by atoms with Crippen LogP contribution >= 0.6 is 12.2 Å². The minimum atomic E-state index is -1.27. The molecule has 0 aliphatic rings. The maximum absolute atomic E-state index is 11.5. The van der Waals surface area contributed by atoms with Crippen LogP contribution in [0.5, 0.6) is 0 Å². The van der Waals surface area contributed by atoms with Crippen molar-refractivity contribution in [2.45, 2.75) is 5.60 Å². The first-order valence-corrected chi connectivity index (χ1v) is 7.15. The Kier molecular flexibility index (Phi) is 3.69. The Labute approximate surface area is 128 Å². The van der Waals surface area contributed by atoms with E-state index in [0.717, 1.165) is 11.1 Å². The molecule has 3 aromatic rings. The highest BCUT2D eigenvalue weighted by molar-refractivity contribution is 7.71. The van der Waals surface area contributed by atoms with E-state index < -0.39 is 5.60 Å². The molecule has 3 rings (SSSR count). The molecule has 0 aliphatic carbocycles. The zero-order valence-electron chi connectivity index (χ0n) is 11.4. The summed E-state index contributed by atoms with van der Waals surface area (Å²) in [5, 5.41) is 11.5. The lowest BCUT2D eigenvalue weighted by molar-refractivity contribution is 0.125. The van der Waals surface area contributed by atoms with E-state index in [1.807, 2.05) is 72.8 Å². The molecule has 3 heteroatoms. The Bertz CT molecular complexity index is 741. The summed E-state index contributed by atoms with van der Waals surface area (Å²) in [6.45, 7) is 0. The van der Waals surface area contributed by atoms with Crippen molar-refractivity contribution in [1.82, 2.24) is 4.98 Å². The summed E-state index contributed by atoms with van der Waals surface area (Å²) < 4.78 is 0.535. The summed E-state index contributed by atoms with van der Waals surface area (Å²) in [5.41, 5.74) is 0.998. The van der Waals surface area contributed by atoms with Gasteiger partial charge in [-0.05, 0) is 17.2 Å². The number of hydrogen-bond acceptors (Lipinski definition) is 2. The number of pyridine rings is 1. The smallest absolute Gasteiger partial charge is 0.143 e.